The number of carbonyl (C=O) groups is 2. The predicted octanol–water partition coefficient (Wildman–Crippen LogP) is 4.31. The van der Waals surface area contributed by atoms with Gasteiger partial charge in [-0.2, -0.15) is 0 Å². The number of hydrogen-bond acceptors (Lipinski definition) is 2. The van der Waals surface area contributed by atoms with Gasteiger partial charge >= 0.3 is 0 Å². The summed E-state index contributed by atoms with van der Waals surface area (Å²) in [7, 11) is 1.58. The number of hydrogen-bond donors (Lipinski definition) is 1. The average molecular weight is 463 g/mol. The summed E-state index contributed by atoms with van der Waals surface area (Å²) in [5.41, 5.74) is 1.06. The first-order valence-corrected chi connectivity index (χ1v) is 8.46. The fraction of sp³-hybridized carbons (Fsp3) is 0.125. The van der Waals surface area contributed by atoms with Crippen molar-refractivity contribution in [3.63, 3.8) is 0 Å². The monoisotopic (exact) mass is 462 g/mol. The smallest absolute Gasteiger partial charge is 0.254 e. The highest BCUT2D eigenvalue weighted by Crippen LogP contribution is 2.24. The van der Waals surface area contributed by atoms with E-state index in [2.05, 4.69) is 27.9 Å². The van der Waals surface area contributed by atoms with Crippen molar-refractivity contribution < 1.29 is 9.59 Å². The maximum absolute atomic E-state index is 12.2. The molecule has 0 fully saturated rings. The number of rotatable bonds is 4. The first-order valence-electron chi connectivity index (χ1n) is 6.63. The number of amides is 2. The summed E-state index contributed by atoms with van der Waals surface area (Å²) in [6.45, 7) is -0.0644. The molecular weight excluding hydrogens is 450 g/mol. The Hall–Kier alpha value is -1.31. The Morgan fingerprint density at radius 2 is 1.74 bits per heavy atom. The second-order valence-corrected chi connectivity index (χ2v) is 6.91. The third-order valence-corrected chi connectivity index (χ3v) is 4.48. The molecule has 2 aromatic carbocycles. The summed E-state index contributed by atoms with van der Waals surface area (Å²) in [5.74, 6) is -0.532. The molecule has 0 aliphatic carbocycles. The van der Waals surface area contributed by atoms with Gasteiger partial charge in [0.1, 0.15) is 0 Å². The quantitative estimate of drug-likeness (QED) is 0.688. The molecule has 0 saturated heterocycles. The van der Waals surface area contributed by atoms with E-state index in [1.165, 1.54) is 4.90 Å². The van der Waals surface area contributed by atoms with Gasteiger partial charge in [0.05, 0.1) is 16.6 Å². The molecule has 2 aromatic rings. The number of anilines is 1. The highest BCUT2D eigenvalue weighted by Gasteiger charge is 2.15. The Kier molecular flexibility index (Phi) is 6.26. The highest BCUT2D eigenvalue weighted by molar-refractivity contribution is 14.1. The van der Waals surface area contributed by atoms with E-state index in [9.17, 15) is 9.59 Å². The molecule has 0 bridgehead atoms. The van der Waals surface area contributed by atoms with Crippen LogP contribution in [0.3, 0.4) is 0 Å². The van der Waals surface area contributed by atoms with Crippen LogP contribution in [0.25, 0.3) is 0 Å². The Balaban J connectivity index is 1.97. The molecule has 0 aliphatic rings. The number of carbonyl (C=O) groups excluding carboxylic acids is 2. The molecule has 0 aliphatic heterocycles. The molecule has 0 radical (unpaired) electrons. The van der Waals surface area contributed by atoms with Crippen molar-refractivity contribution in [3.8, 4) is 0 Å². The lowest BCUT2D eigenvalue weighted by Crippen LogP contribution is -2.34. The average Bonchev–Trinajstić information content (AvgIpc) is 2.51. The Morgan fingerprint density at radius 1 is 1.09 bits per heavy atom. The third-order valence-electron chi connectivity index (χ3n) is 3.02. The van der Waals surface area contributed by atoms with Crippen molar-refractivity contribution in [1.29, 1.82) is 0 Å². The minimum absolute atomic E-state index is 0.0644. The van der Waals surface area contributed by atoms with Crippen LogP contribution < -0.4 is 5.32 Å². The van der Waals surface area contributed by atoms with E-state index >= 15 is 0 Å². The Labute approximate surface area is 157 Å². The van der Waals surface area contributed by atoms with Gasteiger partial charge in [-0.25, -0.2) is 0 Å². The number of nitrogens with zero attached hydrogens (tertiary/aromatic N) is 1. The van der Waals surface area contributed by atoms with Crippen LogP contribution in [-0.2, 0) is 4.79 Å². The molecule has 0 aromatic heterocycles. The van der Waals surface area contributed by atoms with E-state index < -0.39 is 0 Å². The number of nitrogens with one attached hydrogen (secondary N) is 1. The van der Waals surface area contributed by atoms with Crippen LogP contribution in [0.15, 0.2) is 42.5 Å². The van der Waals surface area contributed by atoms with Crippen molar-refractivity contribution in [3.05, 3.63) is 61.6 Å². The van der Waals surface area contributed by atoms with Gasteiger partial charge in [-0.05, 0) is 65.1 Å². The Morgan fingerprint density at radius 3 is 2.35 bits per heavy atom. The molecule has 7 heteroatoms. The zero-order chi connectivity index (χ0) is 17.0. The van der Waals surface area contributed by atoms with Gasteiger partial charge < -0.3 is 10.2 Å². The fourth-order valence-corrected chi connectivity index (χ4v) is 2.53. The van der Waals surface area contributed by atoms with E-state index in [4.69, 9.17) is 23.2 Å². The third kappa shape index (κ3) is 5.09. The zero-order valence-corrected chi connectivity index (χ0v) is 15.8. The zero-order valence-electron chi connectivity index (χ0n) is 12.1. The van der Waals surface area contributed by atoms with E-state index in [1.807, 2.05) is 12.1 Å². The van der Waals surface area contributed by atoms with Gasteiger partial charge in [-0.1, -0.05) is 23.2 Å². The van der Waals surface area contributed by atoms with Gasteiger partial charge in [0.25, 0.3) is 5.91 Å². The normalized spacial score (nSPS) is 10.3. The summed E-state index contributed by atoms with van der Waals surface area (Å²) >= 11 is 13.9. The molecule has 2 amide bonds. The molecular formula is C16H13Cl2IN2O2. The topological polar surface area (TPSA) is 49.4 Å². The molecule has 0 spiro atoms. The van der Waals surface area contributed by atoms with Crippen molar-refractivity contribution in [2.24, 2.45) is 0 Å². The largest absolute Gasteiger partial charge is 0.332 e. The van der Waals surface area contributed by atoms with Crippen molar-refractivity contribution in [2.45, 2.75) is 0 Å². The summed E-state index contributed by atoms with van der Waals surface area (Å²) in [6, 6.07) is 12.0. The van der Waals surface area contributed by atoms with Gasteiger partial charge in [0.15, 0.2) is 0 Å². The lowest BCUT2D eigenvalue weighted by Gasteiger charge is -2.17. The van der Waals surface area contributed by atoms with E-state index in [1.54, 1.807) is 37.4 Å². The lowest BCUT2D eigenvalue weighted by molar-refractivity contribution is -0.116. The van der Waals surface area contributed by atoms with E-state index in [0.717, 1.165) is 3.57 Å². The van der Waals surface area contributed by atoms with Gasteiger partial charge in [0.2, 0.25) is 5.91 Å². The van der Waals surface area contributed by atoms with Crippen LogP contribution in [0.5, 0.6) is 0 Å². The molecule has 1 N–H and O–H groups in total. The summed E-state index contributed by atoms with van der Waals surface area (Å²) in [6.07, 6.45) is 0. The molecule has 4 nitrogen and oxygen atoms in total. The van der Waals surface area contributed by atoms with Crippen molar-refractivity contribution in [1.82, 2.24) is 4.90 Å². The maximum atomic E-state index is 12.2. The van der Waals surface area contributed by atoms with Crippen LogP contribution >= 0.6 is 45.8 Å². The highest BCUT2D eigenvalue weighted by atomic mass is 127. The summed E-state index contributed by atoms with van der Waals surface area (Å²) in [5, 5.41) is 3.45. The SMILES string of the molecule is CN(CC(=O)Nc1ccc(Cl)c(Cl)c1)C(=O)c1ccc(I)cc1. The second kappa shape index (κ2) is 7.99. The minimum atomic E-state index is -0.315. The summed E-state index contributed by atoms with van der Waals surface area (Å²) in [4.78, 5) is 25.6. The van der Waals surface area contributed by atoms with Crippen molar-refractivity contribution in [2.75, 3.05) is 18.9 Å². The number of halogens is 3. The molecule has 2 rings (SSSR count). The molecule has 23 heavy (non-hydrogen) atoms. The minimum Gasteiger partial charge on any atom is -0.332 e. The molecule has 0 heterocycles. The first kappa shape index (κ1) is 18.0. The van der Waals surface area contributed by atoms with Crippen LogP contribution in [0.2, 0.25) is 10.0 Å². The summed E-state index contributed by atoms with van der Waals surface area (Å²) < 4.78 is 1.04. The molecule has 0 atom stereocenters. The number of likely N-dealkylation sites (N-methyl/N-ethyl adjacent to an activating group) is 1. The maximum Gasteiger partial charge on any atom is 0.254 e. The van der Waals surface area contributed by atoms with Gasteiger partial charge in [0, 0.05) is 21.9 Å². The van der Waals surface area contributed by atoms with Crippen LogP contribution in [0.4, 0.5) is 5.69 Å². The van der Waals surface area contributed by atoms with Crippen LogP contribution in [0.1, 0.15) is 10.4 Å². The van der Waals surface area contributed by atoms with E-state index in [0.29, 0.717) is 21.3 Å². The lowest BCUT2D eigenvalue weighted by atomic mass is 10.2. The molecule has 0 saturated carbocycles. The molecule has 120 valence electrons. The fourth-order valence-electron chi connectivity index (χ4n) is 1.87. The number of benzene rings is 2. The standard InChI is InChI=1S/C16H13Cl2IN2O2/c1-21(16(23)10-2-4-11(19)5-3-10)9-15(22)20-12-6-7-13(17)14(18)8-12/h2-8H,9H2,1H3,(H,20,22). The Bertz CT molecular complexity index is 735. The molecule has 0 unspecified atom stereocenters. The first-order chi connectivity index (χ1) is 10.9. The van der Waals surface area contributed by atoms with Crippen LogP contribution in [0, 0.1) is 3.57 Å². The van der Waals surface area contributed by atoms with Crippen LogP contribution in [-0.4, -0.2) is 30.3 Å². The van der Waals surface area contributed by atoms with Gasteiger partial charge in [-0.3, -0.25) is 9.59 Å². The van der Waals surface area contributed by atoms with Gasteiger partial charge in [-0.15, -0.1) is 0 Å². The predicted molar refractivity (Wildman–Crippen MR) is 101 cm³/mol. The van der Waals surface area contributed by atoms with Crippen molar-refractivity contribution >= 4 is 63.3 Å². The second-order valence-electron chi connectivity index (χ2n) is 4.85. The van der Waals surface area contributed by atoms with E-state index in [-0.39, 0.29) is 18.4 Å².